The van der Waals surface area contributed by atoms with Crippen molar-refractivity contribution in [3.8, 4) is 5.88 Å². The average molecular weight is 286 g/mol. The zero-order valence-electron chi connectivity index (χ0n) is 12.1. The highest BCUT2D eigenvalue weighted by molar-refractivity contribution is 5.98. The standard InChI is InChI=1S/C15H18N4O2/c1-3-16-14-12(5-4-8-17-14)15(20)19-10-11-6-7-13(21-2)18-9-11/h4-9H,3,10H2,1-2H3,(H,16,17)(H,19,20). The molecule has 0 unspecified atom stereocenters. The minimum Gasteiger partial charge on any atom is -0.481 e. The van der Waals surface area contributed by atoms with Crippen LogP contribution in [0.5, 0.6) is 5.88 Å². The number of anilines is 1. The number of pyridine rings is 2. The number of hydrogen-bond acceptors (Lipinski definition) is 5. The van der Waals surface area contributed by atoms with Gasteiger partial charge in [0.25, 0.3) is 5.91 Å². The topological polar surface area (TPSA) is 76.1 Å². The molecule has 0 saturated carbocycles. The number of amides is 1. The van der Waals surface area contributed by atoms with Crippen LogP contribution in [0.15, 0.2) is 36.7 Å². The summed E-state index contributed by atoms with van der Waals surface area (Å²) in [4.78, 5) is 20.5. The molecule has 21 heavy (non-hydrogen) atoms. The lowest BCUT2D eigenvalue weighted by Crippen LogP contribution is -2.24. The van der Waals surface area contributed by atoms with E-state index in [1.54, 1.807) is 37.7 Å². The maximum absolute atomic E-state index is 12.2. The van der Waals surface area contributed by atoms with Crippen molar-refractivity contribution in [3.05, 3.63) is 47.8 Å². The van der Waals surface area contributed by atoms with E-state index in [0.29, 0.717) is 30.4 Å². The van der Waals surface area contributed by atoms with Crippen molar-refractivity contribution in [1.82, 2.24) is 15.3 Å². The van der Waals surface area contributed by atoms with Crippen LogP contribution in [-0.2, 0) is 6.54 Å². The third-order valence-corrected chi connectivity index (χ3v) is 2.86. The molecule has 2 N–H and O–H groups in total. The van der Waals surface area contributed by atoms with Gasteiger partial charge >= 0.3 is 0 Å². The van der Waals surface area contributed by atoms with Gasteiger partial charge in [0, 0.05) is 31.5 Å². The van der Waals surface area contributed by atoms with Gasteiger partial charge in [0.15, 0.2) is 0 Å². The highest BCUT2D eigenvalue weighted by Gasteiger charge is 2.11. The van der Waals surface area contributed by atoms with E-state index < -0.39 is 0 Å². The van der Waals surface area contributed by atoms with Crippen molar-refractivity contribution < 1.29 is 9.53 Å². The Balaban J connectivity index is 2.01. The predicted molar refractivity (Wildman–Crippen MR) is 80.4 cm³/mol. The van der Waals surface area contributed by atoms with Gasteiger partial charge in [-0.3, -0.25) is 4.79 Å². The van der Waals surface area contributed by atoms with Gasteiger partial charge in [-0.2, -0.15) is 0 Å². The Kier molecular flexibility index (Phi) is 5.09. The number of carbonyl (C=O) groups excluding carboxylic acids is 1. The zero-order valence-corrected chi connectivity index (χ0v) is 12.1. The lowest BCUT2D eigenvalue weighted by molar-refractivity contribution is 0.0951. The fraction of sp³-hybridized carbons (Fsp3) is 0.267. The van der Waals surface area contributed by atoms with Gasteiger partial charge in [0.2, 0.25) is 5.88 Å². The molecule has 1 amide bonds. The summed E-state index contributed by atoms with van der Waals surface area (Å²) < 4.78 is 4.99. The van der Waals surface area contributed by atoms with Crippen molar-refractivity contribution in [2.24, 2.45) is 0 Å². The van der Waals surface area contributed by atoms with Crippen molar-refractivity contribution in [3.63, 3.8) is 0 Å². The average Bonchev–Trinajstić information content (AvgIpc) is 2.54. The number of rotatable bonds is 6. The van der Waals surface area contributed by atoms with E-state index in [0.717, 1.165) is 5.56 Å². The molecule has 0 aliphatic rings. The summed E-state index contributed by atoms with van der Waals surface area (Å²) >= 11 is 0. The molecule has 6 heteroatoms. The minimum atomic E-state index is -0.171. The first-order chi connectivity index (χ1) is 10.2. The minimum absolute atomic E-state index is 0.171. The number of carbonyl (C=O) groups is 1. The van der Waals surface area contributed by atoms with E-state index in [-0.39, 0.29) is 5.91 Å². The molecule has 0 radical (unpaired) electrons. The van der Waals surface area contributed by atoms with Crippen LogP contribution >= 0.6 is 0 Å². The first-order valence-corrected chi connectivity index (χ1v) is 6.70. The van der Waals surface area contributed by atoms with Crippen LogP contribution < -0.4 is 15.4 Å². The second-order valence-corrected chi connectivity index (χ2v) is 4.32. The summed E-state index contributed by atoms with van der Waals surface area (Å²) in [5, 5.41) is 5.92. The maximum atomic E-state index is 12.2. The molecule has 0 spiro atoms. The molecule has 6 nitrogen and oxygen atoms in total. The van der Waals surface area contributed by atoms with Crippen LogP contribution in [0, 0.1) is 0 Å². The van der Waals surface area contributed by atoms with Crippen molar-refractivity contribution in [2.45, 2.75) is 13.5 Å². The van der Waals surface area contributed by atoms with Gasteiger partial charge < -0.3 is 15.4 Å². The molecule has 0 atom stereocenters. The van der Waals surface area contributed by atoms with Gasteiger partial charge in [-0.15, -0.1) is 0 Å². The van der Waals surface area contributed by atoms with Gasteiger partial charge in [0.05, 0.1) is 12.7 Å². The van der Waals surface area contributed by atoms with E-state index >= 15 is 0 Å². The monoisotopic (exact) mass is 286 g/mol. The van der Waals surface area contributed by atoms with Crippen LogP contribution in [-0.4, -0.2) is 29.5 Å². The van der Waals surface area contributed by atoms with Gasteiger partial charge in [-0.25, -0.2) is 9.97 Å². The first-order valence-electron chi connectivity index (χ1n) is 6.70. The Hall–Kier alpha value is -2.63. The lowest BCUT2D eigenvalue weighted by atomic mass is 10.2. The number of ether oxygens (including phenoxy) is 1. The Morgan fingerprint density at radius 3 is 2.81 bits per heavy atom. The highest BCUT2D eigenvalue weighted by atomic mass is 16.5. The van der Waals surface area contributed by atoms with Crippen LogP contribution in [0.3, 0.4) is 0 Å². The fourth-order valence-electron chi connectivity index (χ4n) is 1.81. The second kappa shape index (κ2) is 7.23. The molecule has 2 heterocycles. The Labute approximate surface area is 123 Å². The molecular weight excluding hydrogens is 268 g/mol. The molecule has 0 aliphatic carbocycles. The van der Waals surface area contributed by atoms with Crippen molar-refractivity contribution in [2.75, 3.05) is 19.0 Å². The van der Waals surface area contributed by atoms with Crippen molar-refractivity contribution in [1.29, 1.82) is 0 Å². The van der Waals surface area contributed by atoms with Gasteiger partial charge in [-0.1, -0.05) is 6.07 Å². The van der Waals surface area contributed by atoms with Crippen molar-refractivity contribution >= 4 is 11.7 Å². The van der Waals surface area contributed by atoms with Gasteiger partial charge in [0.1, 0.15) is 5.82 Å². The zero-order chi connectivity index (χ0) is 15.1. The third kappa shape index (κ3) is 3.92. The second-order valence-electron chi connectivity index (χ2n) is 4.32. The summed E-state index contributed by atoms with van der Waals surface area (Å²) in [5.41, 5.74) is 1.43. The highest BCUT2D eigenvalue weighted by Crippen LogP contribution is 2.11. The number of aromatic nitrogens is 2. The number of methoxy groups -OCH3 is 1. The quantitative estimate of drug-likeness (QED) is 0.847. The van der Waals surface area contributed by atoms with E-state index in [4.69, 9.17) is 4.74 Å². The number of nitrogens with zero attached hydrogens (tertiary/aromatic N) is 2. The summed E-state index contributed by atoms with van der Waals surface area (Å²) in [5.74, 6) is 0.965. The van der Waals surface area contributed by atoms with E-state index in [1.165, 1.54) is 0 Å². The summed E-state index contributed by atoms with van der Waals surface area (Å²) in [7, 11) is 1.56. The van der Waals surface area contributed by atoms with Crippen LogP contribution in [0.4, 0.5) is 5.82 Å². The summed E-state index contributed by atoms with van der Waals surface area (Å²) in [6.45, 7) is 3.06. The van der Waals surface area contributed by atoms with Crippen LogP contribution in [0.25, 0.3) is 0 Å². The smallest absolute Gasteiger partial charge is 0.255 e. The Morgan fingerprint density at radius 2 is 2.14 bits per heavy atom. The van der Waals surface area contributed by atoms with Crippen LogP contribution in [0.2, 0.25) is 0 Å². The first kappa shape index (κ1) is 14.8. The normalized spacial score (nSPS) is 10.0. The molecule has 110 valence electrons. The lowest BCUT2D eigenvalue weighted by Gasteiger charge is -2.10. The Bertz CT molecular complexity index is 599. The summed E-state index contributed by atoms with van der Waals surface area (Å²) in [6.07, 6.45) is 3.33. The largest absolute Gasteiger partial charge is 0.481 e. The maximum Gasteiger partial charge on any atom is 0.255 e. The molecular formula is C15H18N4O2. The fourth-order valence-corrected chi connectivity index (χ4v) is 1.81. The van der Waals surface area contributed by atoms with E-state index in [9.17, 15) is 4.79 Å². The SMILES string of the molecule is CCNc1ncccc1C(=O)NCc1ccc(OC)nc1. The van der Waals surface area contributed by atoms with E-state index in [2.05, 4.69) is 20.6 Å². The Morgan fingerprint density at radius 1 is 1.29 bits per heavy atom. The molecule has 2 rings (SSSR count). The third-order valence-electron chi connectivity index (χ3n) is 2.86. The predicted octanol–water partition coefficient (Wildman–Crippen LogP) is 1.85. The molecule has 2 aromatic rings. The molecule has 0 saturated heterocycles. The number of nitrogens with one attached hydrogen (secondary N) is 2. The van der Waals surface area contributed by atoms with Crippen LogP contribution in [0.1, 0.15) is 22.8 Å². The molecule has 0 aliphatic heterocycles. The number of hydrogen-bond donors (Lipinski definition) is 2. The summed E-state index contributed by atoms with van der Waals surface area (Å²) in [6, 6.07) is 7.10. The van der Waals surface area contributed by atoms with Gasteiger partial charge in [-0.05, 0) is 24.6 Å². The van der Waals surface area contributed by atoms with E-state index in [1.807, 2.05) is 13.0 Å². The molecule has 0 fully saturated rings. The molecule has 0 aromatic carbocycles. The molecule has 0 bridgehead atoms. The molecule has 2 aromatic heterocycles.